The molecule has 0 amide bonds. The maximum Gasteiger partial charge on any atom is 0.140 e. The number of hydrogen-bond donors (Lipinski definition) is 0. The Hall–Kier alpha value is -0.820. The maximum atomic E-state index is 11.7. The van der Waals surface area contributed by atoms with Gasteiger partial charge in [-0.25, -0.2) is 0 Å². The van der Waals surface area contributed by atoms with Crippen LogP contribution in [-0.2, 0) is 4.79 Å². The molecule has 1 nitrogen and oxygen atoms in total. The predicted octanol–water partition coefficient (Wildman–Crippen LogP) is 3.79. The molecule has 1 unspecified atom stereocenters. The molecule has 1 aromatic carbocycles. The largest absolute Gasteiger partial charge is 0.299 e. The van der Waals surface area contributed by atoms with Gasteiger partial charge >= 0.3 is 0 Å². The number of rotatable bonds is 1. The second kappa shape index (κ2) is 3.97. The van der Waals surface area contributed by atoms with Gasteiger partial charge in [0.15, 0.2) is 0 Å². The number of carbonyl (C=O) groups excluding carboxylic acids is 1. The van der Waals surface area contributed by atoms with E-state index in [1.165, 1.54) is 5.56 Å². The highest BCUT2D eigenvalue weighted by atomic mass is 35.5. The van der Waals surface area contributed by atoms with Crippen LogP contribution in [0.4, 0.5) is 0 Å². The van der Waals surface area contributed by atoms with Crippen LogP contribution in [0.3, 0.4) is 0 Å². The van der Waals surface area contributed by atoms with Crippen LogP contribution in [-0.4, -0.2) is 5.78 Å². The van der Waals surface area contributed by atoms with Crippen molar-refractivity contribution in [2.24, 2.45) is 0 Å². The van der Waals surface area contributed by atoms with E-state index >= 15 is 0 Å². The molecule has 1 aliphatic rings. The first-order valence-electron chi connectivity index (χ1n) is 5.39. The Morgan fingerprint density at radius 3 is 2.33 bits per heavy atom. The van der Waals surface area contributed by atoms with Gasteiger partial charge in [0.25, 0.3) is 0 Å². The molecule has 0 saturated heterocycles. The first-order chi connectivity index (χ1) is 7.09. The van der Waals surface area contributed by atoms with E-state index in [1.54, 1.807) is 0 Å². The molecule has 2 rings (SSSR count). The lowest BCUT2D eigenvalue weighted by atomic mass is 9.89. The van der Waals surface area contributed by atoms with E-state index in [4.69, 9.17) is 11.6 Å². The summed E-state index contributed by atoms with van der Waals surface area (Å²) < 4.78 is 0. The normalized spacial score (nSPS) is 21.0. The van der Waals surface area contributed by atoms with Crippen molar-refractivity contribution < 1.29 is 4.79 Å². The van der Waals surface area contributed by atoms with Crippen molar-refractivity contribution in [2.45, 2.75) is 39.0 Å². The van der Waals surface area contributed by atoms with Crippen molar-refractivity contribution >= 4 is 17.4 Å². The van der Waals surface area contributed by atoms with Gasteiger partial charge in [-0.1, -0.05) is 11.6 Å². The summed E-state index contributed by atoms with van der Waals surface area (Å²) in [4.78, 5) is 11.7. The van der Waals surface area contributed by atoms with Crippen molar-refractivity contribution in [1.82, 2.24) is 0 Å². The van der Waals surface area contributed by atoms with Gasteiger partial charge in [0.1, 0.15) is 5.78 Å². The summed E-state index contributed by atoms with van der Waals surface area (Å²) in [6.07, 6.45) is 2.78. The summed E-state index contributed by atoms with van der Waals surface area (Å²) >= 11 is 5.98. The topological polar surface area (TPSA) is 17.1 Å². The number of hydrogen-bond acceptors (Lipinski definition) is 1. The van der Waals surface area contributed by atoms with Crippen LogP contribution < -0.4 is 0 Å². The summed E-state index contributed by atoms with van der Waals surface area (Å²) in [6.45, 7) is 4.08. The fourth-order valence-corrected chi connectivity index (χ4v) is 2.92. The van der Waals surface area contributed by atoms with Crippen LogP contribution in [0.25, 0.3) is 0 Å². The number of carbonyl (C=O) groups is 1. The Morgan fingerprint density at radius 2 is 1.87 bits per heavy atom. The number of aryl methyl sites for hydroxylation is 2. The van der Waals surface area contributed by atoms with E-state index in [0.29, 0.717) is 5.78 Å². The molecule has 0 spiro atoms. The van der Waals surface area contributed by atoms with Gasteiger partial charge in [0.2, 0.25) is 0 Å². The molecule has 0 aliphatic heterocycles. The summed E-state index contributed by atoms with van der Waals surface area (Å²) in [7, 11) is 0. The van der Waals surface area contributed by atoms with Gasteiger partial charge < -0.3 is 0 Å². The molecule has 0 N–H and O–H groups in total. The van der Waals surface area contributed by atoms with E-state index in [2.05, 4.69) is 0 Å². The minimum Gasteiger partial charge on any atom is -0.299 e. The van der Waals surface area contributed by atoms with E-state index < -0.39 is 0 Å². The highest BCUT2D eigenvalue weighted by molar-refractivity contribution is 6.30. The molecular formula is C13H15ClO. The van der Waals surface area contributed by atoms with Gasteiger partial charge in [0, 0.05) is 17.4 Å². The van der Waals surface area contributed by atoms with Crippen LogP contribution in [0.2, 0.25) is 5.02 Å². The first kappa shape index (κ1) is 10.7. The van der Waals surface area contributed by atoms with Gasteiger partial charge in [0.05, 0.1) is 0 Å². The van der Waals surface area contributed by atoms with Gasteiger partial charge in [-0.3, -0.25) is 4.79 Å². The molecule has 1 fully saturated rings. The van der Waals surface area contributed by atoms with Crippen LogP contribution >= 0.6 is 11.6 Å². The SMILES string of the molecule is Cc1cc(Cl)cc(C)c1C1CCCC1=O. The molecule has 0 aromatic heterocycles. The molecule has 1 saturated carbocycles. The van der Waals surface area contributed by atoms with Gasteiger partial charge in [-0.05, 0) is 55.5 Å². The fraction of sp³-hybridized carbons (Fsp3) is 0.462. The lowest BCUT2D eigenvalue weighted by Crippen LogP contribution is -2.08. The standard InChI is InChI=1S/C13H15ClO/c1-8-6-10(14)7-9(2)13(8)11-4-3-5-12(11)15/h6-7,11H,3-5H2,1-2H3. The number of ketones is 1. The Kier molecular flexibility index (Phi) is 2.83. The Labute approximate surface area is 95.4 Å². The minimum absolute atomic E-state index is 0.127. The molecule has 1 aliphatic carbocycles. The zero-order valence-corrected chi connectivity index (χ0v) is 9.90. The molecule has 1 aromatic rings. The van der Waals surface area contributed by atoms with Crippen LogP contribution in [0.1, 0.15) is 41.9 Å². The minimum atomic E-state index is 0.127. The Balaban J connectivity index is 2.47. The highest BCUT2D eigenvalue weighted by Crippen LogP contribution is 2.36. The van der Waals surface area contributed by atoms with E-state index in [0.717, 1.165) is 35.4 Å². The van der Waals surface area contributed by atoms with Crippen LogP contribution in [0.5, 0.6) is 0 Å². The molecular weight excluding hydrogens is 208 g/mol. The zero-order valence-electron chi connectivity index (χ0n) is 9.14. The van der Waals surface area contributed by atoms with Crippen molar-refractivity contribution in [3.05, 3.63) is 33.8 Å². The van der Waals surface area contributed by atoms with Crippen LogP contribution in [0, 0.1) is 13.8 Å². The smallest absolute Gasteiger partial charge is 0.140 e. The quantitative estimate of drug-likeness (QED) is 0.707. The summed E-state index contributed by atoms with van der Waals surface area (Å²) in [6, 6.07) is 3.91. The summed E-state index contributed by atoms with van der Waals surface area (Å²) in [5, 5.41) is 0.763. The third-order valence-corrected chi connectivity index (χ3v) is 3.43. The lowest BCUT2D eigenvalue weighted by Gasteiger charge is -2.15. The van der Waals surface area contributed by atoms with Gasteiger partial charge in [-0.2, -0.15) is 0 Å². The molecule has 80 valence electrons. The summed E-state index contributed by atoms with van der Waals surface area (Å²) in [5.74, 6) is 0.519. The molecule has 0 bridgehead atoms. The fourth-order valence-electron chi connectivity index (χ4n) is 2.59. The highest BCUT2D eigenvalue weighted by Gasteiger charge is 2.28. The van der Waals surface area contributed by atoms with E-state index in [9.17, 15) is 4.79 Å². The number of halogens is 1. The lowest BCUT2D eigenvalue weighted by molar-refractivity contribution is -0.118. The number of Topliss-reactive ketones (excluding diaryl/α,β-unsaturated/α-hetero) is 1. The average Bonchev–Trinajstić information content (AvgIpc) is 2.50. The molecule has 0 heterocycles. The number of benzene rings is 1. The van der Waals surface area contributed by atoms with Crippen molar-refractivity contribution in [2.75, 3.05) is 0 Å². The molecule has 0 radical (unpaired) electrons. The van der Waals surface area contributed by atoms with Crippen LogP contribution in [0.15, 0.2) is 12.1 Å². The molecule has 2 heteroatoms. The van der Waals surface area contributed by atoms with Crippen molar-refractivity contribution in [3.8, 4) is 0 Å². The monoisotopic (exact) mass is 222 g/mol. The summed E-state index contributed by atoms with van der Waals surface area (Å²) in [5.41, 5.74) is 3.52. The predicted molar refractivity (Wildman–Crippen MR) is 62.5 cm³/mol. The Bertz CT molecular complexity index is 386. The zero-order chi connectivity index (χ0) is 11.0. The van der Waals surface area contributed by atoms with E-state index in [-0.39, 0.29) is 5.92 Å². The first-order valence-corrected chi connectivity index (χ1v) is 5.76. The molecule has 1 atom stereocenters. The van der Waals surface area contributed by atoms with Crippen molar-refractivity contribution in [3.63, 3.8) is 0 Å². The maximum absolute atomic E-state index is 11.7. The van der Waals surface area contributed by atoms with Gasteiger partial charge in [-0.15, -0.1) is 0 Å². The average molecular weight is 223 g/mol. The third kappa shape index (κ3) is 1.93. The molecule has 15 heavy (non-hydrogen) atoms. The Morgan fingerprint density at radius 1 is 1.27 bits per heavy atom. The van der Waals surface area contributed by atoms with Crippen molar-refractivity contribution in [1.29, 1.82) is 0 Å². The second-order valence-corrected chi connectivity index (χ2v) is 4.80. The second-order valence-electron chi connectivity index (χ2n) is 4.36. The third-order valence-electron chi connectivity index (χ3n) is 3.21. The van der Waals surface area contributed by atoms with E-state index in [1.807, 2.05) is 26.0 Å².